The van der Waals surface area contributed by atoms with E-state index in [1.807, 2.05) is 54.6 Å². The molecule has 2 N–H and O–H groups in total. The quantitative estimate of drug-likeness (QED) is 0.475. The Bertz CT molecular complexity index is 935. The second kappa shape index (κ2) is 10.5. The van der Waals surface area contributed by atoms with Crippen molar-refractivity contribution >= 4 is 23.2 Å². The van der Waals surface area contributed by atoms with Gasteiger partial charge in [-0.3, -0.25) is 0 Å². The molecule has 0 aliphatic carbocycles. The van der Waals surface area contributed by atoms with Crippen molar-refractivity contribution in [1.82, 2.24) is 5.32 Å². The molecule has 3 rings (SSSR count). The summed E-state index contributed by atoms with van der Waals surface area (Å²) in [5.41, 5.74) is 2.76. The normalized spacial score (nSPS) is 11.9. The lowest BCUT2D eigenvalue weighted by atomic mass is 10.1. The summed E-state index contributed by atoms with van der Waals surface area (Å²) in [7, 11) is 1.60. The van der Waals surface area contributed by atoms with Crippen LogP contribution in [-0.2, 0) is 13.2 Å². The fraction of sp³-hybridized carbons (Fsp3) is 0.217. The number of rotatable bonds is 9. The molecule has 0 bridgehead atoms. The Morgan fingerprint density at radius 3 is 2.48 bits per heavy atom. The first-order valence-corrected chi connectivity index (χ1v) is 10.00. The van der Waals surface area contributed by atoms with Crippen LogP contribution >= 0.6 is 23.2 Å². The van der Waals surface area contributed by atoms with Crippen LogP contribution in [-0.4, -0.2) is 18.8 Å². The standard InChI is InChI=1S/C23H23Cl2NO3/c1-28-23-11-16(13-26-14-21(27)17-5-3-2-4-6-17)7-10-22(23)29-15-18-8-9-19(24)12-20(18)25/h2-12,21,26-27H,13-15H2,1H3. The predicted molar refractivity (Wildman–Crippen MR) is 117 cm³/mol. The van der Waals surface area contributed by atoms with Gasteiger partial charge in [0, 0.05) is 28.7 Å². The minimum Gasteiger partial charge on any atom is -0.493 e. The van der Waals surface area contributed by atoms with Gasteiger partial charge in [0.1, 0.15) is 6.61 Å². The van der Waals surface area contributed by atoms with Gasteiger partial charge >= 0.3 is 0 Å². The largest absolute Gasteiger partial charge is 0.493 e. The van der Waals surface area contributed by atoms with Gasteiger partial charge < -0.3 is 19.9 Å². The number of ether oxygens (including phenoxy) is 2. The van der Waals surface area contributed by atoms with Gasteiger partial charge in [0.2, 0.25) is 0 Å². The van der Waals surface area contributed by atoms with Crippen molar-refractivity contribution in [3.05, 3.63) is 93.5 Å². The summed E-state index contributed by atoms with van der Waals surface area (Å²) < 4.78 is 11.3. The molecule has 1 atom stereocenters. The number of methoxy groups -OCH3 is 1. The second-order valence-corrected chi connectivity index (χ2v) is 7.41. The molecule has 0 saturated heterocycles. The first-order chi connectivity index (χ1) is 14.1. The highest BCUT2D eigenvalue weighted by molar-refractivity contribution is 6.35. The van der Waals surface area contributed by atoms with E-state index in [4.69, 9.17) is 32.7 Å². The van der Waals surface area contributed by atoms with Gasteiger partial charge in [-0.2, -0.15) is 0 Å². The van der Waals surface area contributed by atoms with E-state index in [9.17, 15) is 5.11 Å². The lowest BCUT2D eigenvalue weighted by molar-refractivity contribution is 0.174. The number of hydrogen-bond acceptors (Lipinski definition) is 4. The molecule has 0 saturated carbocycles. The minimum atomic E-state index is -0.551. The van der Waals surface area contributed by atoms with Crippen LogP contribution < -0.4 is 14.8 Å². The Morgan fingerprint density at radius 1 is 0.966 bits per heavy atom. The van der Waals surface area contributed by atoms with Crippen molar-refractivity contribution in [2.75, 3.05) is 13.7 Å². The highest BCUT2D eigenvalue weighted by Gasteiger charge is 2.10. The highest BCUT2D eigenvalue weighted by Crippen LogP contribution is 2.30. The van der Waals surface area contributed by atoms with Crippen LogP contribution in [0.3, 0.4) is 0 Å². The fourth-order valence-electron chi connectivity index (χ4n) is 2.88. The SMILES string of the molecule is COc1cc(CNCC(O)c2ccccc2)ccc1OCc1ccc(Cl)cc1Cl. The number of benzene rings is 3. The van der Waals surface area contributed by atoms with E-state index in [-0.39, 0.29) is 0 Å². The van der Waals surface area contributed by atoms with Crippen LogP contribution in [0, 0.1) is 0 Å². The zero-order valence-corrected chi connectivity index (χ0v) is 17.6. The first kappa shape index (κ1) is 21.5. The minimum absolute atomic E-state index is 0.313. The predicted octanol–water partition coefficient (Wildman–Crippen LogP) is 5.40. The lowest BCUT2D eigenvalue weighted by Gasteiger charge is -2.15. The number of aliphatic hydroxyl groups excluding tert-OH is 1. The fourth-order valence-corrected chi connectivity index (χ4v) is 3.34. The van der Waals surface area contributed by atoms with Crippen molar-refractivity contribution in [3.63, 3.8) is 0 Å². The summed E-state index contributed by atoms with van der Waals surface area (Å²) in [5.74, 6) is 1.27. The molecule has 0 amide bonds. The Balaban J connectivity index is 1.56. The van der Waals surface area contributed by atoms with Crippen molar-refractivity contribution < 1.29 is 14.6 Å². The summed E-state index contributed by atoms with van der Waals surface area (Å²) in [6.45, 7) is 1.37. The molecule has 0 fully saturated rings. The monoisotopic (exact) mass is 431 g/mol. The molecule has 0 aliphatic heterocycles. The maximum Gasteiger partial charge on any atom is 0.161 e. The molecule has 0 radical (unpaired) electrons. The molecule has 3 aromatic carbocycles. The molecule has 0 heterocycles. The summed E-state index contributed by atoms with van der Waals surface area (Å²) in [5, 5.41) is 14.7. The number of nitrogens with one attached hydrogen (secondary N) is 1. The Hall–Kier alpha value is -2.24. The lowest BCUT2D eigenvalue weighted by Crippen LogP contribution is -2.21. The number of halogens is 2. The zero-order chi connectivity index (χ0) is 20.6. The summed E-state index contributed by atoms with van der Waals surface area (Å²) in [6.07, 6.45) is -0.551. The average Bonchev–Trinajstić information content (AvgIpc) is 2.74. The summed E-state index contributed by atoms with van der Waals surface area (Å²) in [4.78, 5) is 0. The maximum absolute atomic E-state index is 10.2. The van der Waals surface area contributed by atoms with Crippen LogP contribution in [0.4, 0.5) is 0 Å². The third kappa shape index (κ3) is 6.12. The maximum atomic E-state index is 10.2. The van der Waals surface area contributed by atoms with Crippen molar-refractivity contribution in [1.29, 1.82) is 0 Å². The molecule has 29 heavy (non-hydrogen) atoms. The number of hydrogen-bond donors (Lipinski definition) is 2. The highest BCUT2D eigenvalue weighted by atomic mass is 35.5. The topological polar surface area (TPSA) is 50.7 Å². The van der Waals surface area contributed by atoms with Crippen LogP contribution in [0.15, 0.2) is 66.7 Å². The van der Waals surface area contributed by atoms with Crippen LogP contribution in [0.25, 0.3) is 0 Å². The molecule has 0 spiro atoms. The van der Waals surface area contributed by atoms with E-state index in [1.54, 1.807) is 19.2 Å². The van der Waals surface area contributed by atoms with Crippen molar-refractivity contribution in [3.8, 4) is 11.5 Å². The van der Waals surface area contributed by atoms with E-state index in [1.165, 1.54) is 0 Å². The third-order valence-electron chi connectivity index (χ3n) is 4.48. The van der Waals surface area contributed by atoms with Crippen LogP contribution in [0.5, 0.6) is 11.5 Å². The molecule has 0 aliphatic rings. The third-order valence-corrected chi connectivity index (χ3v) is 5.06. The van der Waals surface area contributed by atoms with Crippen molar-refractivity contribution in [2.24, 2.45) is 0 Å². The summed E-state index contributed by atoms with van der Waals surface area (Å²) in [6, 6.07) is 20.6. The zero-order valence-electron chi connectivity index (χ0n) is 16.1. The first-order valence-electron chi connectivity index (χ1n) is 9.24. The van der Waals surface area contributed by atoms with E-state index in [0.29, 0.717) is 41.2 Å². The van der Waals surface area contributed by atoms with Gasteiger partial charge in [-0.25, -0.2) is 0 Å². The Morgan fingerprint density at radius 2 is 1.76 bits per heavy atom. The average molecular weight is 432 g/mol. The number of aliphatic hydroxyl groups is 1. The van der Waals surface area contributed by atoms with Gasteiger partial charge in [0.05, 0.1) is 13.2 Å². The smallest absolute Gasteiger partial charge is 0.161 e. The molecule has 4 nitrogen and oxygen atoms in total. The van der Waals surface area contributed by atoms with Crippen molar-refractivity contribution in [2.45, 2.75) is 19.3 Å². The van der Waals surface area contributed by atoms with E-state index in [2.05, 4.69) is 5.32 Å². The molecule has 0 aromatic heterocycles. The van der Waals surface area contributed by atoms with Gasteiger partial charge in [0.25, 0.3) is 0 Å². The van der Waals surface area contributed by atoms with E-state index in [0.717, 1.165) is 16.7 Å². The summed E-state index contributed by atoms with van der Waals surface area (Å²) >= 11 is 12.1. The molecular formula is C23H23Cl2NO3. The van der Waals surface area contributed by atoms with Gasteiger partial charge in [0.15, 0.2) is 11.5 Å². The van der Waals surface area contributed by atoms with Crippen LogP contribution in [0.1, 0.15) is 22.8 Å². The van der Waals surface area contributed by atoms with E-state index >= 15 is 0 Å². The van der Waals surface area contributed by atoms with E-state index < -0.39 is 6.10 Å². The van der Waals surface area contributed by atoms with Crippen LogP contribution in [0.2, 0.25) is 10.0 Å². The molecule has 3 aromatic rings. The van der Waals surface area contributed by atoms with Gasteiger partial charge in [-0.1, -0.05) is 65.7 Å². The van der Waals surface area contributed by atoms with Gasteiger partial charge in [-0.15, -0.1) is 0 Å². The Kier molecular flexibility index (Phi) is 7.78. The molecular weight excluding hydrogens is 409 g/mol. The molecule has 1 unspecified atom stereocenters. The van der Waals surface area contributed by atoms with Gasteiger partial charge in [-0.05, 0) is 35.4 Å². The molecule has 152 valence electrons. The Labute approximate surface area is 181 Å². The second-order valence-electron chi connectivity index (χ2n) is 6.57. The molecule has 6 heteroatoms.